The number of hydrogen-bond donors (Lipinski definition) is 0. The minimum Gasteiger partial charge on any atom is -0.486 e. The standard InChI is InChI=1S/C34H36ClF2N3O3/c1-22(28-11-7-25(36)18-30(28)35)43-27-10-12-33-29(19-27)32(39-40(33)34-4-2-3-15-42-34)20-31(37)24-6-9-26(38-21-24)8-5-23-13-16-41-17-14-23/h6-7,9-12,18-23,34H,2-5,8,13-17H2,1H3/b31-20-. The number of fused-ring (bicyclic) bond motifs is 1. The number of hydrogen-bond acceptors (Lipinski definition) is 5. The highest BCUT2D eigenvalue weighted by molar-refractivity contribution is 6.31. The molecular formula is C34H36ClF2N3O3. The lowest BCUT2D eigenvalue weighted by atomic mass is 9.94. The molecule has 0 N–H and O–H groups in total. The van der Waals surface area contributed by atoms with Crippen LogP contribution < -0.4 is 4.74 Å². The highest BCUT2D eigenvalue weighted by atomic mass is 35.5. The number of nitrogens with zero attached hydrogens (tertiary/aromatic N) is 3. The van der Waals surface area contributed by atoms with Crippen molar-refractivity contribution in [1.29, 1.82) is 0 Å². The Morgan fingerprint density at radius 3 is 2.70 bits per heavy atom. The Labute approximate surface area is 255 Å². The van der Waals surface area contributed by atoms with Gasteiger partial charge >= 0.3 is 0 Å². The van der Waals surface area contributed by atoms with E-state index in [1.807, 2.05) is 35.9 Å². The van der Waals surface area contributed by atoms with Gasteiger partial charge in [-0.25, -0.2) is 13.5 Å². The van der Waals surface area contributed by atoms with Crippen LogP contribution in [0.3, 0.4) is 0 Å². The number of rotatable bonds is 9. The van der Waals surface area contributed by atoms with Crippen molar-refractivity contribution in [1.82, 2.24) is 14.8 Å². The summed E-state index contributed by atoms with van der Waals surface area (Å²) in [5.74, 6) is 0.401. The third-order valence-electron chi connectivity index (χ3n) is 8.36. The third-order valence-corrected chi connectivity index (χ3v) is 8.69. The van der Waals surface area contributed by atoms with Gasteiger partial charge in [0, 0.05) is 54.3 Å². The number of halogens is 3. The molecule has 2 fully saturated rings. The average Bonchev–Trinajstić information content (AvgIpc) is 3.38. The zero-order valence-corrected chi connectivity index (χ0v) is 25.0. The molecule has 2 aromatic carbocycles. The van der Waals surface area contributed by atoms with Gasteiger partial charge in [-0.2, -0.15) is 5.10 Å². The van der Waals surface area contributed by atoms with Gasteiger partial charge in [-0.15, -0.1) is 0 Å². The molecule has 0 aliphatic carbocycles. The number of pyridine rings is 1. The summed E-state index contributed by atoms with van der Waals surface area (Å²) in [6.45, 7) is 4.18. The summed E-state index contributed by atoms with van der Waals surface area (Å²) >= 11 is 6.27. The van der Waals surface area contributed by atoms with Crippen molar-refractivity contribution in [2.75, 3.05) is 19.8 Å². The van der Waals surface area contributed by atoms with Gasteiger partial charge in [0.2, 0.25) is 0 Å². The van der Waals surface area contributed by atoms with Crippen LogP contribution in [0.4, 0.5) is 8.78 Å². The molecule has 2 saturated heterocycles. The molecule has 4 heterocycles. The largest absolute Gasteiger partial charge is 0.486 e. The van der Waals surface area contributed by atoms with Crippen LogP contribution in [0.25, 0.3) is 22.8 Å². The van der Waals surface area contributed by atoms with Crippen LogP contribution in [0.5, 0.6) is 5.75 Å². The minimum atomic E-state index is -0.436. The maximum Gasteiger partial charge on any atom is 0.150 e. The summed E-state index contributed by atoms with van der Waals surface area (Å²) in [7, 11) is 0. The molecule has 0 radical (unpaired) electrons. The summed E-state index contributed by atoms with van der Waals surface area (Å²) in [5, 5.41) is 5.84. The second-order valence-corrected chi connectivity index (χ2v) is 11.8. The molecule has 2 aliphatic heterocycles. The van der Waals surface area contributed by atoms with Crippen molar-refractivity contribution in [3.8, 4) is 5.75 Å². The predicted molar refractivity (Wildman–Crippen MR) is 164 cm³/mol. The Morgan fingerprint density at radius 2 is 1.95 bits per heavy atom. The Hall–Kier alpha value is -3.33. The van der Waals surface area contributed by atoms with Gasteiger partial charge in [-0.1, -0.05) is 17.7 Å². The van der Waals surface area contributed by atoms with Crippen LogP contribution in [0.15, 0.2) is 54.7 Å². The van der Waals surface area contributed by atoms with E-state index in [9.17, 15) is 4.39 Å². The van der Waals surface area contributed by atoms with Crippen LogP contribution in [0.1, 0.15) is 80.3 Å². The van der Waals surface area contributed by atoms with Crippen LogP contribution in [-0.4, -0.2) is 34.6 Å². The molecule has 43 heavy (non-hydrogen) atoms. The molecule has 0 amide bonds. The van der Waals surface area contributed by atoms with Crippen molar-refractivity contribution < 1.29 is 23.0 Å². The van der Waals surface area contributed by atoms with Crippen LogP contribution in [0, 0.1) is 11.7 Å². The Balaban J connectivity index is 1.26. The van der Waals surface area contributed by atoms with Crippen molar-refractivity contribution in [3.63, 3.8) is 0 Å². The first-order valence-corrected chi connectivity index (χ1v) is 15.5. The molecule has 9 heteroatoms. The van der Waals surface area contributed by atoms with E-state index in [4.69, 9.17) is 30.9 Å². The van der Waals surface area contributed by atoms with Gasteiger partial charge in [-0.3, -0.25) is 4.98 Å². The van der Waals surface area contributed by atoms with E-state index in [1.165, 1.54) is 18.2 Å². The molecule has 2 unspecified atom stereocenters. The van der Waals surface area contributed by atoms with E-state index in [2.05, 4.69) is 4.98 Å². The van der Waals surface area contributed by atoms with Gasteiger partial charge in [-0.05, 0) is 100 Å². The lowest BCUT2D eigenvalue weighted by Gasteiger charge is -2.23. The molecule has 2 aliphatic rings. The van der Waals surface area contributed by atoms with Gasteiger partial charge in [0.05, 0.1) is 16.2 Å². The van der Waals surface area contributed by atoms with Gasteiger partial charge < -0.3 is 14.2 Å². The summed E-state index contributed by atoms with van der Waals surface area (Å²) < 4.78 is 48.8. The fourth-order valence-corrected chi connectivity index (χ4v) is 6.18. The summed E-state index contributed by atoms with van der Waals surface area (Å²) in [5.41, 5.74) is 3.34. The van der Waals surface area contributed by atoms with E-state index in [0.717, 1.165) is 74.8 Å². The van der Waals surface area contributed by atoms with Crippen molar-refractivity contribution >= 4 is 34.4 Å². The number of benzene rings is 2. The second kappa shape index (κ2) is 13.5. The first-order valence-electron chi connectivity index (χ1n) is 15.1. The molecular weight excluding hydrogens is 572 g/mol. The molecule has 6 rings (SSSR count). The first kappa shape index (κ1) is 29.7. The lowest BCUT2D eigenvalue weighted by molar-refractivity contribution is -0.0367. The van der Waals surface area contributed by atoms with E-state index >= 15 is 4.39 Å². The first-order chi connectivity index (χ1) is 20.9. The normalized spacial score (nSPS) is 19.1. The van der Waals surface area contributed by atoms with Crippen LogP contribution in [0.2, 0.25) is 5.02 Å². The Morgan fingerprint density at radius 1 is 1.09 bits per heavy atom. The van der Waals surface area contributed by atoms with E-state index in [1.54, 1.807) is 18.3 Å². The molecule has 2 aromatic heterocycles. The topological polar surface area (TPSA) is 58.4 Å². The summed E-state index contributed by atoms with van der Waals surface area (Å²) in [6.07, 6.45) is 9.39. The monoisotopic (exact) mass is 607 g/mol. The zero-order valence-electron chi connectivity index (χ0n) is 24.3. The predicted octanol–water partition coefficient (Wildman–Crippen LogP) is 8.89. The fraction of sp³-hybridized carbons (Fsp3) is 0.412. The number of ether oxygens (including phenoxy) is 3. The molecule has 6 nitrogen and oxygen atoms in total. The minimum absolute atomic E-state index is 0.221. The third kappa shape index (κ3) is 7.08. The molecule has 2 atom stereocenters. The SMILES string of the molecule is CC(Oc1ccc2c(c1)c(/C=C(\F)c1ccc(CCC3CCOCC3)nc1)nn2C1CCCCO1)c1ccc(F)cc1Cl. The maximum atomic E-state index is 15.7. The highest BCUT2D eigenvalue weighted by Gasteiger charge is 2.22. The number of aromatic nitrogens is 3. The van der Waals surface area contributed by atoms with Crippen LogP contribution >= 0.6 is 11.6 Å². The molecule has 0 bridgehead atoms. The summed E-state index contributed by atoms with van der Waals surface area (Å²) in [6, 6.07) is 13.6. The van der Waals surface area contributed by atoms with E-state index < -0.39 is 17.7 Å². The smallest absolute Gasteiger partial charge is 0.150 e. The van der Waals surface area contributed by atoms with Crippen LogP contribution in [-0.2, 0) is 15.9 Å². The quantitative estimate of drug-likeness (QED) is 0.190. The van der Waals surface area contributed by atoms with Gasteiger partial charge in [0.15, 0.2) is 6.23 Å². The second-order valence-electron chi connectivity index (χ2n) is 11.4. The van der Waals surface area contributed by atoms with Gasteiger partial charge in [0.1, 0.15) is 23.5 Å². The highest BCUT2D eigenvalue weighted by Crippen LogP contribution is 2.34. The van der Waals surface area contributed by atoms with Gasteiger partial charge in [0.25, 0.3) is 0 Å². The zero-order chi connectivity index (χ0) is 29.8. The van der Waals surface area contributed by atoms with E-state index in [-0.39, 0.29) is 6.23 Å². The molecule has 0 saturated carbocycles. The van der Waals surface area contributed by atoms with Crippen molar-refractivity contribution in [2.24, 2.45) is 5.92 Å². The van der Waals surface area contributed by atoms with E-state index in [0.29, 0.717) is 40.1 Å². The van der Waals surface area contributed by atoms with Crippen molar-refractivity contribution in [3.05, 3.63) is 88.1 Å². The number of aryl methyl sites for hydroxylation is 1. The summed E-state index contributed by atoms with van der Waals surface area (Å²) in [4.78, 5) is 4.54. The molecule has 226 valence electrons. The fourth-order valence-electron chi connectivity index (χ4n) is 5.86. The average molecular weight is 608 g/mol. The lowest BCUT2D eigenvalue weighted by Crippen LogP contribution is -2.19. The Bertz CT molecular complexity index is 1580. The van der Waals surface area contributed by atoms with Crippen molar-refractivity contribution in [2.45, 2.75) is 64.2 Å². The maximum absolute atomic E-state index is 15.7. The molecule has 4 aromatic rings. The molecule has 0 spiro atoms. The Kier molecular flexibility index (Phi) is 9.36.